The standard InChI is InChI=1S/C18H18N2O4/c1-12-11-14-7-3-4-8-15(14)19(12)18(21)13(2)24-17-10-6-5-9-16(17)20(22)23/h3-10,12-13H,11H2,1-2H3. The maximum Gasteiger partial charge on any atom is 0.310 e. The van der Waals surface area contributed by atoms with Gasteiger partial charge in [0.2, 0.25) is 0 Å². The summed E-state index contributed by atoms with van der Waals surface area (Å²) < 4.78 is 5.61. The molecule has 0 aliphatic carbocycles. The van der Waals surface area contributed by atoms with Crippen LogP contribution in [0.5, 0.6) is 5.75 Å². The molecule has 2 aromatic carbocycles. The maximum atomic E-state index is 12.8. The molecule has 1 aliphatic heterocycles. The lowest BCUT2D eigenvalue weighted by molar-refractivity contribution is -0.386. The van der Waals surface area contributed by atoms with Crippen LogP contribution in [0.1, 0.15) is 19.4 Å². The Kier molecular flexibility index (Phi) is 4.20. The van der Waals surface area contributed by atoms with Crippen molar-refractivity contribution in [3.8, 4) is 5.75 Å². The first-order valence-corrected chi connectivity index (χ1v) is 7.80. The molecule has 3 rings (SSSR count). The minimum absolute atomic E-state index is 0.0340. The van der Waals surface area contributed by atoms with Crippen LogP contribution >= 0.6 is 0 Å². The fourth-order valence-electron chi connectivity index (χ4n) is 3.05. The van der Waals surface area contributed by atoms with Gasteiger partial charge in [-0.1, -0.05) is 30.3 Å². The molecule has 24 heavy (non-hydrogen) atoms. The van der Waals surface area contributed by atoms with Gasteiger partial charge in [0.05, 0.1) is 4.92 Å². The van der Waals surface area contributed by atoms with E-state index in [2.05, 4.69) is 0 Å². The summed E-state index contributed by atoms with van der Waals surface area (Å²) in [6.07, 6.45) is -0.0279. The predicted octanol–water partition coefficient (Wildman–Crippen LogP) is 3.34. The second-order valence-corrected chi connectivity index (χ2v) is 5.88. The van der Waals surface area contributed by atoms with E-state index in [9.17, 15) is 14.9 Å². The molecule has 0 radical (unpaired) electrons. The Balaban J connectivity index is 1.83. The molecule has 1 heterocycles. The lowest BCUT2D eigenvalue weighted by Crippen LogP contribution is -2.43. The lowest BCUT2D eigenvalue weighted by atomic mass is 10.1. The van der Waals surface area contributed by atoms with Gasteiger partial charge in [0.15, 0.2) is 11.9 Å². The topological polar surface area (TPSA) is 72.7 Å². The lowest BCUT2D eigenvalue weighted by Gasteiger charge is -2.26. The summed E-state index contributed by atoms with van der Waals surface area (Å²) in [4.78, 5) is 25.1. The van der Waals surface area contributed by atoms with Crippen molar-refractivity contribution in [2.45, 2.75) is 32.4 Å². The summed E-state index contributed by atoms with van der Waals surface area (Å²) in [5, 5.41) is 11.1. The number of carbonyl (C=O) groups excluding carboxylic acids is 1. The van der Waals surface area contributed by atoms with Crippen LogP contribution < -0.4 is 9.64 Å². The van der Waals surface area contributed by atoms with Crippen molar-refractivity contribution < 1.29 is 14.5 Å². The number of nitro benzene ring substituents is 1. The minimum Gasteiger partial charge on any atom is -0.474 e. The molecule has 124 valence electrons. The first-order valence-electron chi connectivity index (χ1n) is 7.80. The summed E-state index contributed by atoms with van der Waals surface area (Å²) in [5.74, 6) is -0.103. The third-order valence-electron chi connectivity index (χ3n) is 4.16. The fourth-order valence-corrected chi connectivity index (χ4v) is 3.05. The van der Waals surface area contributed by atoms with Crippen LogP contribution in [-0.4, -0.2) is 23.0 Å². The Morgan fingerprint density at radius 1 is 1.25 bits per heavy atom. The number of para-hydroxylation sites is 3. The highest BCUT2D eigenvalue weighted by molar-refractivity contribution is 5.99. The van der Waals surface area contributed by atoms with E-state index >= 15 is 0 Å². The molecule has 2 unspecified atom stereocenters. The monoisotopic (exact) mass is 326 g/mol. The van der Waals surface area contributed by atoms with Gasteiger partial charge < -0.3 is 9.64 Å². The average Bonchev–Trinajstić information content (AvgIpc) is 2.90. The van der Waals surface area contributed by atoms with Crippen molar-refractivity contribution in [1.29, 1.82) is 0 Å². The van der Waals surface area contributed by atoms with Crippen molar-refractivity contribution in [1.82, 2.24) is 0 Å². The second kappa shape index (κ2) is 6.31. The Bertz CT molecular complexity index is 790. The molecule has 0 aromatic heterocycles. The Morgan fingerprint density at radius 3 is 2.67 bits per heavy atom. The molecule has 0 spiro atoms. The number of fused-ring (bicyclic) bond motifs is 1. The zero-order valence-corrected chi connectivity index (χ0v) is 13.5. The molecule has 0 N–H and O–H groups in total. The Labute approximate surface area is 139 Å². The van der Waals surface area contributed by atoms with Gasteiger partial charge in [-0.2, -0.15) is 0 Å². The number of hydrogen-bond donors (Lipinski definition) is 0. The highest BCUT2D eigenvalue weighted by atomic mass is 16.6. The SMILES string of the molecule is CC(Oc1ccccc1[N+](=O)[O-])C(=O)N1c2ccccc2CC1C. The van der Waals surface area contributed by atoms with Crippen LogP contribution in [0.15, 0.2) is 48.5 Å². The number of benzene rings is 2. The van der Waals surface area contributed by atoms with E-state index < -0.39 is 11.0 Å². The van der Waals surface area contributed by atoms with E-state index in [1.54, 1.807) is 24.0 Å². The molecular weight excluding hydrogens is 308 g/mol. The van der Waals surface area contributed by atoms with Crippen molar-refractivity contribution >= 4 is 17.3 Å². The van der Waals surface area contributed by atoms with Gasteiger partial charge in [-0.25, -0.2) is 0 Å². The number of rotatable bonds is 4. The summed E-state index contributed by atoms with van der Waals surface area (Å²) in [7, 11) is 0. The van der Waals surface area contributed by atoms with Crippen molar-refractivity contribution in [2.75, 3.05) is 4.90 Å². The number of hydrogen-bond acceptors (Lipinski definition) is 4. The Hall–Kier alpha value is -2.89. The zero-order valence-electron chi connectivity index (χ0n) is 13.5. The molecule has 1 amide bonds. The van der Waals surface area contributed by atoms with Gasteiger partial charge in [0.1, 0.15) is 0 Å². The average molecular weight is 326 g/mol. The fraction of sp³-hybridized carbons (Fsp3) is 0.278. The smallest absolute Gasteiger partial charge is 0.310 e. The van der Waals surface area contributed by atoms with Crippen molar-refractivity contribution in [2.24, 2.45) is 0 Å². The van der Waals surface area contributed by atoms with E-state index in [1.807, 2.05) is 31.2 Å². The number of nitrogens with zero attached hydrogens (tertiary/aromatic N) is 2. The van der Waals surface area contributed by atoms with Gasteiger partial charge >= 0.3 is 5.69 Å². The largest absolute Gasteiger partial charge is 0.474 e. The van der Waals surface area contributed by atoms with Crippen molar-refractivity contribution in [3.05, 3.63) is 64.2 Å². The number of ether oxygens (including phenoxy) is 1. The number of amides is 1. The molecule has 0 bridgehead atoms. The first-order chi connectivity index (χ1) is 11.5. The van der Waals surface area contributed by atoms with E-state index in [0.717, 1.165) is 17.7 Å². The van der Waals surface area contributed by atoms with Crippen LogP contribution in [0, 0.1) is 10.1 Å². The molecule has 0 fully saturated rings. The first kappa shape index (κ1) is 16.0. The zero-order chi connectivity index (χ0) is 17.3. The van der Waals surface area contributed by atoms with Gasteiger partial charge in [-0.05, 0) is 38.0 Å². The van der Waals surface area contributed by atoms with Crippen LogP contribution in [0.25, 0.3) is 0 Å². The highest BCUT2D eigenvalue weighted by Gasteiger charge is 2.34. The van der Waals surface area contributed by atoms with Crippen LogP contribution in [0.2, 0.25) is 0 Å². The molecular formula is C18H18N2O4. The van der Waals surface area contributed by atoms with E-state index in [4.69, 9.17) is 4.74 Å². The summed E-state index contributed by atoms with van der Waals surface area (Å²) in [5.41, 5.74) is 1.86. The molecule has 2 aromatic rings. The number of carbonyl (C=O) groups is 1. The van der Waals surface area contributed by atoms with Crippen LogP contribution in [0.3, 0.4) is 0 Å². The molecule has 0 saturated heterocycles. The van der Waals surface area contributed by atoms with E-state index in [-0.39, 0.29) is 23.4 Å². The van der Waals surface area contributed by atoms with E-state index in [1.165, 1.54) is 12.1 Å². The quantitative estimate of drug-likeness (QED) is 0.638. The minimum atomic E-state index is -0.820. The number of nitro groups is 1. The highest BCUT2D eigenvalue weighted by Crippen LogP contribution is 2.33. The number of anilines is 1. The van der Waals surface area contributed by atoms with E-state index in [0.29, 0.717) is 0 Å². The van der Waals surface area contributed by atoms with Crippen LogP contribution in [0.4, 0.5) is 11.4 Å². The molecule has 6 nitrogen and oxygen atoms in total. The summed E-state index contributed by atoms with van der Waals surface area (Å²) in [6, 6.07) is 13.9. The molecule has 2 atom stereocenters. The van der Waals surface area contributed by atoms with Gasteiger partial charge in [-0.3, -0.25) is 14.9 Å². The van der Waals surface area contributed by atoms with Gasteiger partial charge in [0.25, 0.3) is 5.91 Å². The van der Waals surface area contributed by atoms with Gasteiger partial charge in [0, 0.05) is 17.8 Å². The Morgan fingerprint density at radius 2 is 1.92 bits per heavy atom. The predicted molar refractivity (Wildman–Crippen MR) is 90.3 cm³/mol. The summed E-state index contributed by atoms with van der Waals surface area (Å²) >= 11 is 0. The summed E-state index contributed by atoms with van der Waals surface area (Å²) in [6.45, 7) is 3.60. The third kappa shape index (κ3) is 2.82. The third-order valence-corrected chi connectivity index (χ3v) is 4.16. The van der Waals surface area contributed by atoms with Gasteiger partial charge in [-0.15, -0.1) is 0 Å². The molecule has 6 heteroatoms. The van der Waals surface area contributed by atoms with Crippen molar-refractivity contribution in [3.63, 3.8) is 0 Å². The molecule has 1 aliphatic rings. The maximum absolute atomic E-state index is 12.8. The normalized spacial score (nSPS) is 17.2. The second-order valence-electron chi connectivity index (χ2n) is 5.88. The molecule has 0 saturated carbocycles. The van der Waals surface area contributed by atoms with Crippen LogP contribution in [-0.2, 0) is 11.2 Å².